The standard InChI is InChI=1S/C26H23ClN4OS/c1-16-14-20(17(2)30(16)22-15-18(27)11-12-23(22)32)25-24(21-10-6-7-13-28-21)29-26(33)31(25)19-8-4-3-5-9-19/h3-15,24-25,32H,1-2H3,(H,29,33)/t24-,25+/m0/s1. The number of nitrogens with zero attached hydrogens (tertiary/aromatic N) is 3. The van der Waals surface area contributed by atoms with Crippen LogP contribution in [0.15, 0.2) is 79.0 Å². The normalized spacial score (nSPS) is 17.9. The van der Waals surface area contributed by atoms with E-state index >= 15 is 0 Å². The van der Waals surface area contributed by atoms with Crippen molar-refractivity contribution >= 4 is 34.6 Å². The fraction of sp³-hybridized carbons (Fsp3) is 0.154. The molecule has 2 aromatic heterocycles. The van der Waals surface area contributed by atoms with E-state index in [4.69, 9.17) is 23.8 Å². The minimum atomic E-state index is -0.138. The molecule has 1 saturated heterocycles. The fourth-order valence-electron chi connectivity index (χ4n) is 4.67. The topological polar surface area (TPSA) is 53.3 Å². The molecule has 4 aromatic rings. The molecule has 7 heteroatoms. The van der Waals surface area contributed by atoms with Crippen LogP contribution < -0.4 is 10.2 Å². The van der Waals surface area contributed by atoms with Crippen LogP contribution in [0.4, 0.5) is 5.69 Å². The van der Waals surface area contributed by atoms with E-state index in [1.165, 1.54) is 0 Å². The Labute approximate surface area is 203 Å². The van der Waals surface area contributed by atoms with E-state index < -0.39 is 0 Å². The third kappa shape index (κ3) is 3.75. The molecule has 5 nitrogen and oxygen atoms in total. The number of phenols is 1. The molecule has 2 N–H and O–H groups in total. The monoisotopic (exact) mass is 474 g/mol. The summed E-state index contributed by atoms with van der Waals surface area (Å²) in [4.78, 5) is 6.78. The van der Waals surface area contributed by atoms with Gasteiger partial charge in [-0.1, -0.05) is 35.9 Å². The highest BCUT2D eigenvalue weighted by molar-refractivity contribution is 7.80. The molecule has 0 amide bonds. The van der Waals surface area contributed by atoms with Gasteiger partial charge in [0.2, 0.25) is 0 Å². The fourth-order valence-corrected chi connectivity index (χ4v) is 5.18. The van der Waals surface area contributed by atoms with Gasteiger partial charge in [-0.2, -0.15) is 0 Å². The number of nitrogens with one attached hydrogen (secondary N) is 1. The van der Waals surface area contributed by atoms with E-state index in [2.05, 4.69) is 40.3 Å². The van der Waals surface area contributed by atoms with Gasteiger partial charge in [0.25, 0.3) is 0 Å². The summed E-state index contributed by atoms with van der Waals surface area (Å²) < 4.78 is 2.04. The molecular weight excluding hydrogens is 452 g/mol. The number of phenolic OH excluding ortho intramolecular Hbond substituents is 1. The van der Waals surface area contributed by atoms with Gasteiger partial charge in [-0.05, 0) is 80.2 Å². The van der Waals surface area contributed by atoms with E-state index in [9.17, 15) is 5.11 Å². The molecule has 0 spiro atoms. The predicted octanol–water partition coefficient (Wildman–Crippen LogP) is 6.03. The number of anilines is 1. The number of benzene rings is 2. The largest absolute Gasteiger partial charge is 0.506 e. The van der Waals surface area contributed by atoms with E-state index in [0.29, 0.717) is 15.8 Å². The molecule has 2 aromatic carbocycles. The Morgan fingerprint density at radius 1 is 1.00 bits per heavy atom. The van der Waals surface area contributed by atoms with Gasteiger partial charge < -0.3 is 19.9 Å². The molecular formula is C26H23ClN4OS. The Balaban J connectivity index is 1.70. The van der Waals surface area contributed by atoms with Gasteiger partial charge >= 0.3 is 0 Å². The molecule has 33 heavy (non-hydrogen) atoms. The number of hydrogen-bond donors (Lipinski definition) is 2. The number of aromatic hydroxyl groups is 1. The summed E-state index contributed by atoms with van der Waals surface area (Å²) in [6, 6.07) is 23.0. The summed E-state index contributed by atoms with van der Waals surface area (Å²) in [5.41, 5.74) is 5.67. The van der Waals surface area contributed by atoms with Gasteiger partial charge in [-0.25, -0.2) is 0 Å². The first-order valence-electron chi connectivity index (χ1n) is 10.7. The second kappa shape index (κ2) is 8.54. The number of aryl methyl sites for hydroxylation is 1. The van der Waals surface area contributed by atoms with Crippen molar-refractivity contribution in [1.82, 2.24) is 14.9 Å². The second-order valence-corrected chi connectivity index (χ2v) is 8.95. The number of thiocarbonyl (C=S) groups is 1. The Hall–Kier alpha value is -3.35. The van der Waals surface area contributed by atoms with Gasteiger partial charge in [-0.3, -0.25) is 4.98 Å². The lowest BCUT2D eigenvalue weighted by molar-refractivity contribution is 0.471. The zero-order chi connectivity index (χ0) is 23.1. The van der Waals surface area contributed by atoms with Crippen LogP contribution in [0.5, 0.6) is 5.75 Å². The molecule has 1 fully saturated rings. The molecule has 0 bridgehead atoms. The second-order valence-electron chi connectivity index (χ2n) is 8.13. The summed E-state index contributed by atoms with van der Waals surface area (Å²) >= 11 is 12.1. The molecule has 166 valence electrons. The van der Waals surface area contributed by atoms with Gasteiger partial charge in [0, 0.05) is 28.3 Å². The van der Waals surface area contributed by atoms with Crippen LogP contribution in [0.2, 0.25) is 5.02 Å². The summed E-state index contributed by atoms with van der Waals surface area (Å²) in [7, 11) is 0. The summed E-state index contributed by atoms with van der Waals surface area (Å²) in [6.07, 6.45) is 1.80. The highest BCUT2D eigenvalue weighted by Gasteiger charge is 2.42. The third-order valence-electron chi connectivity index (χ3n) is 6.10. The molecule has 1 aliphatic heterocycles. The van der Waals surface area contributed by atoms with Crippen LogP contribution in [0.25, 0.3) is 5.69 Å². The SMILES string of the molecule is Cc1cc([C@@H]2[C@H](c3ccccn3)NC(=S)N2c2ccccc2)c(C)n1-c1cc(Cl)ccc1O. The van der Waals surface area contributed by atoms with Crippen LogP contribution in [0.3, 0.4) is 0 Å². The van der Waals surface area contributed by atoms with Gasteiger partial charge in [-0.15, -0.1) is 0 Å². The van der Waals surface area contributed by atoms with Crippen LogP contribution in [0.1, 0.15) is 34.7 Å². The molecule has 5 rings (SSSR count). The van der Waals surface area contributed by atoms with Crippen LogP contribution in [0, 0.1) is 13.8 Å². The maximum atomic E-state index is 10.6. The number of rotatable bonds is 4. The zero-order valence-corrected chi connectivity index (χ0v) is 19.8. The van der Waals surface area contributed by atoms with Crippen molar-refractivity contribution in [3.63, 3.8) is 0 Å². The number of para-hydroxylation sites is 1. The van der Waals surface area contributed by atoms with Gasteiger partial charge in [0.05, 0.1) is 23.5 Å². The smallest absolute Gasteiger partial charge is 0.174 e. The Bertz CT molecular complexity index is 1320. The van der Waals surface area contributed by atoms with Crippen molar-refractivity contribution in [2.45, 2.75) is 25.9 Å². The quantitative estimate of drug-likeness (QED) is 0.354. The summed E-state index contributed by atoms with van der Waals surface area (Å²) in [5, 5.41) is 15.3. The van der Waals surface area contributed by atoms with Gasteiger partial charge in [0.1, 0.15) is 5.75 Å². The number of pyridine rings is 1. The molecule has 1 aliphatic rings. The first-order valence-corrected chi connectivity index (χ1v) is 11.5. The lowest BCUT2D eigenvalue weighted by Crippen LogP contribution is -2.29. The lowest BCUT2D eigenvalue weighted by atomic mass is 9.96. The van der Waals surface area contributed by atoms with Crippen LogP contribution in [-0.4, -0.2) is 19.8 Å². The molecule has 0 unspecified atom stereocenters. The summed E-state index contributed by atoms with van der Waals surface area (Å²) in [5.74, 6) is 0.175. The minimum Gasteiger partial charge on any atom is -0.506 e. The maximum Gasteiger partial charge on any atom is 0.174 e. The Morgan fingerprint density at radius 2 is 1.76 bits per heavy atom. The van der Waals surface area contributed by atoms with Crippen molar-refractivity contribution in [2.75, 3.05) is 4.90 Å². The third-order valence-corrected chi connectivity index (χ3v) is 6.65. The van der Waals surface area contributed by atoms with E-state index in [1.54, 1.807) is 24.4 Å². The molecule has 0 aliphatic carbocycles. The molecule has 0 radical (unpaired) electrons. The van der Waals surface area contributed by atoms with Crippen molar-refractivity contribution in [1.29, 1.82) is 0 Å². The first-order chi connectivity index (χ1) is 16.0. The first kappa shape index (κ1) is 21.5. The maximum absolute atomic E-state index is 10.6. The number of halogens is 1. The average Bonchev–Trinajstić information content (AvgIpc) is 3.32. The number of hydrogen-bond acceptors (Lipinski definition) is 3. The predicted molar refractivity (Wildman–Crippen MR) is 136 cm³/mol. The highest BCUT2D eigenvalue weighted by atomic mass is 35.5. The average molecular weight is 475 g/mol. The van der Waals surface area contributed by atoms with Crippen molar-refractivity contribution in [2.24, 2.45) is 0 Å². The van der Waals surface area contributed by atoms with Crippen molar-refractivity contribution in [3.05, 3.63) is 107 Å². The lowest BCUT2D eigenvalue weighted by Gasteiger charge is -2.28. The Kier molecular flexibility index (Phi) is 5.56. The summed E-state index contributed by atoms with van der Waals surface area (Å²) in [6.45, 7) is 4.09. The van der Waals surface area contributed by atoms with E-state index in [0.717, 1.165) is 28.3 Å². The van der Waals surface area contributed by atoms with Crippen molar-refractivity contribution < 1.29 is 5.11 Å². The number of aromatic nitrogens is 2. The van der Waals surface area contributed by atoms with Crippen molar-refractivity contribution in [3.8, 4) is 11.4 Å². The zero-order valence-electron chi connectivity index (χ0n) is 18.2. The van der Waals surface area contributed by atoms with Crippen LogP contribution in [-0.2, 0) is 0 Å². The molecule has 0 saturated carbocycles. The van der Waals surface area contributed by atoms with Gasteiger partial charge in [0.15, 0.2) is 5.11 Å². The minimum absolute atomic E-state index is 0.129. The van der Waals surface area contributed by atoms with E-state index in [1.807, 2.05) is 47.9 Å². The van der Waals surface area contributed by atoms with E-state index in [-0.39, 0.29) is 17.8 Å². The molecule has 2 atom stereocenters. The molecule has 3 heterocycles. The van der Waals surface area contributed by atoms with Crippen LogP contribution >= 0.6 is 23.8 Å². The highest BCUT2D eigenvalue weighted by Crippen LogP contribution is 2.44. The Morgan fingerprint density at radius 3 is 2.48 bits per heavy atom.